The highest BCUT2D eigenvalue weighted by atomic mass is 15.2. The standard InChI is InChI=1S/C17H23N5/c1-2-10-22(11-3-1)12-9-18-17-19-15-8-7-13-5-4-6-14(13)16(15)20-21-17/h7-8H,1-6,9-12H2,(H,18,19,21). The summed E-state index contributed by atoms with van der Waals surface area (Å²) < 4.78 is 0. The predicted octanol–water partition coefficient (Wildman–Crippen LogP) is 2.41. The second kappa shape index (κ2) is 6.16. The third kappa shape index (κ3) is 2.77. The molecule has 2 aliphatic rings. The number of fused-ring (bicyclic) bond motifs is 3. The predicted molar refractivity (Wildman–Crippen MR) is 88.1 cm³/mol. The molecule has 1 saturated heterocycles. The van der Waals surface area contributed by atoms with Crippen LogP contribution in [-0.2, 0) is 12.8 Å². The zero-order chi connectivity index (χ0) is 14.8. The van der Waals surface area contributed by atoms with Crippen molar-refractivity contribution >= 4 is 17.0 Å². The van der Waals surface area contributed by atoms with Gasteiger partial charge in [0.15, 0.2) is 0 Å². The fraction of sp³-hybridized carbons (Fsp3) is 0.588. The molecule has 1 aliphatic heterocycles. The van der Waals surface area contributed by atoms with E-state index in [1.54, 1.807) is 0 Å². The molecule has 116 valence electrons. The molecule has 1 fully saturated rings. The lowest BCUT2D eigenvalue weighted by atomic mass is 10.1. The molecule has 0 atom stereocenters. The molecule has 22 heavy (non-hydrogen) atoms. The van der Waals surface area contributed by atoms with Crippen molar-refractivity contribution in [3.63, 3.8) is 0 Å². The first-order valence-electron chi connectivity index (χ1n) is 8.51. The van der Waals surface area contributed by atoms with Crippen LogP contribution in [0.15, 0.2) is 12.1 Å². The minimum Gasteiger partial charge on any atom is -0.352 e. The molecule has 1 aromatic heterocycles. The van der Waals surface area contributed by atoms with Crippen LogP contribution < -0.4 is 5.32 Å². The van der Waals surface area contributed by atoms with Gasteiger partial charge in [-0.1, -0.05) is 12.5 Å². The van der Waals surface area contributed by atoms with E-state index < -0.39 is 0 Å². The molecule has 2 aromatic rings. The molecule has 2 heterocycles. The van der Waals surface area contributed by atoms with Crippen molar-refractivity contribution < 1.29 is 0 Å². The molecule has 0 unspecified atom stereocenters. The SMILES string of the molecule is c1cc2nc(NCCN3CCCCC3)nnc2c2c1CCC2. The number of nitrogens with zero attached hydrogens (tertiary/aromatic N) is 4. The molecule has 1 aromatic carbocycles. The number of nitrogens with one attached hydrogen (secondary N) is 1. The molecule has 1 aliphatic carbocycles. The number of aryl methyl sites for hydroxylation is 2. The normalized spacial score (nSPS) is 18.5. The summed E-state index contributed by atoms with van der Waals surface area (Å²) in [5.74, 6) is 0.655. The number of hydrogen-bond acceptors (Lipinski definition) is 5. The van der Waals surface area contributed by atoms with Crippen LogP contribution in [0.4, 0.5) is 5.95 Å². The average Bonchev–Trinajstić information content (AvgIpc) is 3.04. The monoisotopic (exact) mass is 297 g/mol. The third-order valence-electron chi connectivity index (χ3n) is 4.86. The smallest absolute Gasteiger partial charge is 0.243 e. The summed E-state index contributed by atoms with van der Waals surface area (Å²) in [6, 6.07) is 4.29. The van der Waals surface area contributed by atoms with Crippen molar-refractivity contribution in [1.82, 2.24) is 20.1 Å². The van der Waals surface area contributed by atoms with E-state index >= 15 is 0 Å². The molecule has 0 spiro atoms. The van der Waals surface area contributed by atoms with Gasteiger partial charge in [0.2, 0.25) is 5.95 Å². The van der Waals surface area contributed by atoms with Crippen molar-refractivity contribution in [1.29, 1.82) is 0 Å². The van der Waals surface area contributed by atoms with E-state index in [0.717, 1.165) is 30.5 Å². The summed E-state index contributed by atoms with van der Waals surface area (Å²) in [5, 5.41) is 12.0. The first kappa shape index (κ1) is 13.9. The summed E-state index contributed by atoms with van der Waals surface area (Å²) in [6.45, 7) is 4.40. The zero-order valence-corrected chi connectivity index (χ0v) is 13.0. The second-order valence-electron chi connectivity index (χ2n) is 6.39. The highest BCUT2D eigenvalue weighted by Crippen LogP contribution is 2.27. The Balaban J connectivity index is 1.43. The lowest BCUT2D eigenvalue weighted by Gasteiger charge is -2.26. The topological polar surface area (TPSA) is 53.9 Å². The van der Waals surface area contributed by atoms with Crippen LogP contribution in [0.2, 0.25) is 0 Å². The van der Waals surface area contributed by atoms with Gasteiger partial charge in [0.05, 0.1) is 5.52 Å². The van der Waals surface area contributed by atoms with Gasteiger partial charge in [-0.15, -0.1) is 10.2 Å². The van der Waals surface area contributed by atoms with Gasteiger partial charge in [-0.3, -0.25) is 0 Å². The van der Waals surface area contributed by atoms with Crippen LogP contribution in [0, 0.1) is 0 Å². The largest absolute Gasteiger partial charge is 0.352 e. The Morgan fingerprint density at radius 3 is 2.82 bits per heavy atom. The maximum atomic E-state index is 4.63. The average molecular weight is 297 g/mol. The number of piperidine rings is 1. The molecule has 4 rings (SSSR count). The number of rotatable bonds is 4. The minimum absolute atomic E-state index is 0.655. The van der Waals surface area contributed by atoms with E-state index in [1.807, 2.05) is 0 Å². The highest BCUT2D eigenvalue weighted by Gasteiger charge is 2.16. The molecule has 1 N–H and O–H groups in total. The summed E-state index contributed by atoms with van der Waals surface area (Å²) >= 11 is 0. The van der Waals surface area contributed by atoms with Crippen LogP contribution in [-0.4, -0.2) is 46.3 Å². The summed E-state index contributed by atoms with van der Waals surface area (Å²) in [4.78, 5) is 7.14. The molecular weight excluding hydrogens is 274 g/mol. The molecule has 0 bridgehead atoms. The number of likely N-dealkylation sites (tertiary alicyclic amines) is 1. The molecule has 5 nitrogen and oxygen atoms in total. The Morgan fingerprint density at radius 2 is 1.91 bits per heavy atom. The fourth-order valence-electron chi connectivity index (χ4n) is 3.65. The van der Waals surface area contributed by atoms with Gasteiger partial charge in [-0.2, -0.15) is 0 Å². The summed E-state index contributed by atoms with van der Waals surface area (Å²) in [6.07, 6.45) is 7.56. The number of anilines is 1. The number of hydrogen-bond donors (Lipinski definition) is 1. The molecule has 0 amide bonds. The molecule has 0 radical (unpaired) electrons. The Hall–Kier alpha value is -1.75. The third-order valence-corrected chi connectivity index (χ3v) is 4.86. The van der Waals surface area contributed by atoms with E-state index in [-0.39, 0.29) is 0 Å². The Labute approximate surface area is 131 Å². The van der Waals surface area contributed by atoms with Crippen molar-refractivity contribution in [3.05, 3.63) is 23.3 Å². The summed E-state index contributed by atoms with van der Waals surface area (Å²) in [7, 11) is 0. The lowest BCUT2D eigenvalue weighted by Crippen LogP contribution is -2.33. The highest BCUT2D eigenvalue weighted by molar-refractivity contribution is 5.80. The van der Waals surface area contributed by atoms with E-state index in [0.29, 0.717) is 5.95 Å². The van der Waals surface area contributed by atoms with Gasteiger partial charge in [-0.25, -0.2) is 4.98 Å². The van der Waals surface area contributed by atoms with Crippen molar-refractivity contribution in [2.75, 3.05) is 31.5 Å². The maximum Gasteiger partial charge on any atom is 0.243 e. The maximum absolute atomic E-state index is 4.63. The van der Waals surface area contributed by atoms with Crippen molar-refractivity contribution in [2.45, 2.75) is 38.5 Å². The Morgan fingerprint density at radius 1 is 1.00 bits per heavy atom. The van der Waals surface area contributed by atoms with Gasteiger partial charge in [-0.05, 0) is 62.4 Å². The van der Waals surface area contributed by atoms with Crippen LogP contribution in [0.1, 0.15) is 36.8 Å². The van der Waals surface area contributed by atoms with Crippen LogP contribution in [0.25, 0.3) is 11.0 Å². The number of benzene rings is 1. The fourth-order valence-corrected chi connectivity index (χ4v) is 3.65. The van der Waals surface area contributed by atoms with Gasteiger partial charge in [0.25, 0.3) is 0 Å². The quantitative estimate of drug-likeness (QED) is 0.939. The molecule has 0 saturated carbocycles. The lowest BCUT2D eigenvalue weighted by molar-refractivity contribution is 0.237. The van der Waals surface area contributed by atoms with Crippen molar-refractivity contribution in [3.8, 4) is 0 Å². The second-order valence-corrected chi connectivity index (χ2v) is 6.39. The zero-order valence-electron chi connectivity index (χ0n) is 13.0. The van der Waals surface area contributed by atoms with Crippen LogP contribution in [0.3, 0.4) is 0 Å². The van der Waals surface area contributed by atoms with Crippen LogP contribution in [0.5, 0.6) is 0 Å². The first-order chi connectivity index (χ1) is 10.9. The van der Waals surface area contributed by atoms with E-state index in [9.17, 15) is 0 Å². The molecular formula is C17H23N5. The Kier molecular flexibility index (Phi) is 3.89. The van der Waals surface area contributed by atoms with E-state index in [2.05, 4.69) is 37.5 Å². The van der Waals surface area contributed by atoms with E-state index in [1.165, 1.54) is 56.3 Å². The van der Waals surface area contributed by atoms with Crippen LogP contribution >= 0.6 is 0 Å². The van der Waals surface area contributed by atoms with Crippen molar-refractivity contribution in [2.24, 2.45) is 0 Å². The minimum atomic E-state index is 0.655. The number of aromatic nitrogens is 3. The van der Waals surface area contributed by atoms with Gasteiger partial charge in [0, 0.05) is 13.1 Å². The van der Waals surface area contributed by atoms with Gasteiger partial charge < -0.3 is 10.2 Å². The van der Waals surface area contributed by atoms with Gasteiger partial charge >= 0.3 is 0 Å². The Bertz CT molecular complexity index is 663. The molecule has 5 heteroatoms. The van der Waals surface area contributed by atoms with Gasteiger partial charge in [0.1, 0.15) is 5.52 Å². The van der Waals surface area contributed by atoms with E-state index in [4.69, 9.17) is 0 Å². The first-order valence-corrected chi connectivity index (χ1v) is 8.51. The summed E-state index contributed by atoms with van der Waals surface area (Å²) in [5.41, 5.74) is 4.75.